The van der Waals surface area contributed by atoms with Crippen LogP contribution in [0, 0.1) is 0 Å². The average Bonchev–Trinajstić information content (AvgIpc) is 2.62. The van der Waals surface area contributed by atoms with E-state index in [2.05, 4.69) is 19.9 Å². The van der Waals surface area contributed by atoms with Crippen molar-refractivity contribution < 1.29 is 9.53 Å². The first-order valence-corrected chi connectivity index (χ1v) is 7.57. The minimum absolute atomic E-state index is 0.0819. The van der Waals surface area contributed by atoms with E-state index in [4.69, 9.17) is 16.3 Å². The van der Waals surface area contributed by atoms with Gasteiger partial charge in [0.1, 0.15) is 17.8 Å². The molecular weight excluding hydrogens is 318 g/mol. The summed E-state index contributed by atoms with van der Waals surface area (Å²) < 4.78 is 5.11. The second-order valence-corrected chi connectivity index (χ2v) is 5.50. The Morgan fingerprint density at radius 3 is 2.61 bits per heavy atom. The maximum absolute atomic E-state index is 12.4. The molecule has 23 heavy (non-hydrogen) atoms. The van der Waals surface area contributed by atoms with Crippen molar-refractivity contribution >= 4 is 23.3 Å². The van der Waals surface area contributed by atoms with Gasteiger partial charge in [0.15, 0.2) is 0 Å². The number of pyridine rings is 1. The molecule has 0 atom stereocenters. The number of hydrogen-bond donors (Lipinski definition) is 0. The van der Waals surface area contributed by atoms with Gasteiger partial charge in [-0.25, -0.2) is 15.0 Å². The first-order valence-electron chi connectivity index (χ1n) is 7.19. The van der Waals surface area contributed by atoms with Gasteiger partial charge in [0, 0.05) is 38.4 Å². The zero-order valence-electron chi connectivity index (χ0n) is 12.6. The molecule has 1 aliphatic heterocycles. The van der Waals surface area contributed by atoms with Crippen molar-refractivity contribution in [3.8, 4) is 5.88 Å². The summed E-state index contributed by atoms with van der Waals surface area (Å²) in [7, 11) is 1.57. The molecule has 0 radical (unpaired) electrons. The fourth-order valence-electron chi connectivity index (χ4n) is 2.42. The largest absolute Gasteiger partial charge is 0.481 e. The number of anilines is 1. The Morgan fingerprint density at radius 1 is 1.17 bits per heavy atom. The van der Waals surface area contributed by atoms with Crippen LogP contribution in [0.25, 0.3) is 0 Å². The van der Waals surface area contributed by atoms with E-state index in [-0.39, 0.29) is 5.91 Å². The molecule has 1 fully saturated rings. The maximum atomic E-state index is 12.4. The summed E-state index contributed by atoms with van der Waals surface area (Å²) in [6, 6.07) is 5.11. The highest BCUT2D eigenvalue weighted by Crippen LogP contribution is 2.18. The predicted molar refractivity (Wildman–Crippen MR) is 85.9 cm³/mol. The van der Waals surface area contributed by atoms with Gasteiger partial charge in [-0.05, 0) is 12.1 Å². The number of methoxy groups -OCH3 is 1. The zero-order chi connectivity index (χ0) is 16.2. The average molecular weight is 334 g/mol. The van der Waals surface area contributed by atoms with Crippen LogP contribution in [0.1, 0.15) is 10.5 Å². The van der Waals surface area contributed by atoms with Gasteiger partial charge in [0.05, 0.1) is 12.1 Å². The highest BCUT2D eigenvalue weighted by atomic mass is 35.5. The van der Waals surface area contributed by atoms with Crippen molar-refractivity contribution in [3.05, 3.63) is 41.4 Å². The molecule has 0 bridgehead atoms. The van der Waals surface area contributed by atoms with Crippen molar-refractivity contribution in [2.24, 2.45) is 0 Å². The van der Waals surface area contributed by atoms with Gasteiger partial charge in [0.25, 0.3) is 5.91 Å². The van der Waals surface area contributed by atoms with E-state index in [1.165, 1.54) is 12.5 Å². The van der Waals surface area contributed by atoms with Crippen LogP contribution in [-0.2, 0) is 0 Å². The van der Waals surface area contributed by atoms with E-state index < -0.39 is 0 Å². The van der Waals surface area contributed by atoms with Gasteiger partial charge in [-0.1, -0.05) is 11.6 Å². The molecule has 0 saturated carbocycles. The third-order valence-electron chi connectivity index (χ3n) is 3.67. The van der Waals surface area contributed by atoms with Crippen LogP contribution in [0.3, 0.4) is 0 Å². The normalized spacial score (nSPS) is 14.7. The second-order valence-electron chi connectivity index (χ2n) is 5.06. The monoisotopic (exact) mass is 333 g/mol. The van der Waals surface area contributed by atoms with E-state index in [1.807, 2.05) is 0 Å². The molecule has 0 N–H and O–H groups in total. The predicted octanol–water partition coefficient (Wildman–Crippen LogP) is 1.50. The van der Waals surface area contributed by atoms with Crippen LogP contribution in [0.2, 0.25) is 5.02 Å². The molecule has 3 rings (SSSR count). The Kier molecular flexibility index (Phi) is 4.57. The van der Waals surface area contributed by atoms with Crippen molar-refractivity contribution in [1.29, 1.82) is 0 Å². The van der Waals surface area contributed by atoms with Crippen LogP contribution in [0.15, 0.2) is 30.7 Å². The second kappa shape index (κ2) is 6.78. The number of aromatic nitrogens is 3. The number of hydrogen-bond acceptors (Lipinski definition) is 6. The lowest BCUT2D eigenvalue weighted by Gasteiger charge is -2.35. The standard InChI is InChI=1S/C15H16ClN5O2/c1-23-14-8-13(18-10-19-14)20-4-6-21(7-5-20)15(22)12-3-2-11(16)9-17-12/h2-3,8-10H,4-7H2,1H3. The molecule has 2 aromatic rings. The number of rotatable bonds is 3. The van der Waals surface area contributed by atoms with Crippen molar-refractivity contribution in [2.75, 3.05) is 38.2 Å². The van der Waals surface area contributed by atoms with E-state index in [0.717, 1.165) is 5.82 Å². The number of halogens is 1. The van der Waals surface area contributed by atoms with Crippen LogP contribution < -0.4 is 9.64 Å². The highest BCUT2D eigenvalue weighted by molar-refractivity contribution is 6.30. The zero-order valence-corrected chi connectivity index (χ0v) is 13.4. The topological polar surface area (TPSA) is 71.5 Å². The molecule has 7 nitrogen and oxygen atoms in total. The maximum Gasteiger partial charge on any atom is 0.272 e. The summed E-state index contributed by atoms with van der Waals surface area (Å²) >= 11 is 5.80. The minimum Gasteiger partial charge on any atom is -0.481 e. The van der Waals surface area contributed by atoms with Gasteiger partial charge in [0.2, 0.25) is 5.88 Å². The van der Waals surface area contributed by atoms with Crippen LogP contribution in [0.4, 0.5) is 5.82 Å². The molecule has 0 spiro atoms. The fraction of sp³-hybridized carbons (Fsp3) is 0.333. The number of ether oxygens (including phenoxy) is 1. The summed E-state index contributed by atoms with van der Waals surface area (Å²) in [5, 5.41) is 0.518. The lowest BCUT2D eigenvalue weighted by atomic mass is 10.2. The van der Waals surface area contributed by atoms with Gasteiger partial charge >= 0.3 is 0 Å². The van der Waals surface area contributed by atoms with E-state index in [0.29, 0.717) is 42.8 Å². The smallest absolute Gasteiger partial charge is 0.272 e. The first-order chi connectivity index (χ1) is 11.2. The summed E-state index contributed by atoms with van der Waals surface area (Å²) in [5.41, 5.74) is 0.409. The van der Waals surface area contributed by atoms with Crippen molar-refractivity contribution in [1.82, 2.24) is 19.9 Å². The fourth-order valence-corrected chi connectivity index (χ4v) is 2.53. The number of carbonyl (C=O) groups is 1. The van der Waals surface area contributed by atoms with E-state index in [1.54, 1.807) is 30.2 Å². The molecule has 2 aromatic heterocycles. The van der Waals surface area contributed by atoms with Gasteiger partial charge < -0.3 is 14.5 Å². The van der Waals surface area contributed by atoms with Crippen molar-refractivity contribution in [3.63, 3.8) is 0 Å². The Labute approximate surface area is 138 Å². The summed E-state index contributed by atoms with van der Waals surface area (Å²) in [5.74, 6) is 1.24. The Morgan fingerprint density at radius 2 is 1.96 bits per heavy atom. The molecule has 0 aromatic carbocycles. The summed E-state index contributed by atoms with van der Waals surface area (Å²) in [6.45, 7) is 2.60. The van der Waals surface area contributed by atoms with Crippen LogP contribution in [-0.4, -0.2) is 59.0 Å². The first kappa shape index (κ1) is 15.5. The molecule has 1 aliphatic rings. The lowest BCUT2D eigenvalue weighted by molar-refractivity contribution is 0.0740. The number of amides is 1. The minimum atomic E-state index is -0.0819. The van der Waals surface area contributed by atoms with Gasteiger partial charge in [-0.2, -0.15) is 0 Å². The summed E-state index contributed by atoms with van der Waals surface area (Å²) in [6.07, 6.45) is 2.96. The highest BCUT2D eigenvalue weighted by Gasteiger charge is 2.23. The Hall–Kier alpha value is -2.41. The van der Waals surface area contributed by atoms with Crippen LogP contribution in [0.5, 0.6) is 5.88 Å². The molecule has 120 valence electrons. The molecule has 0 aliphatic carbocycles. The van der Waals surface area contributed by atoms with E-state index >= 15 is 0 Å². The SMILES string of the molecule is COc1cc(N2CCN(C(=O)c3ccc(Cl)cn3)CC2)ncn1. The van der Waals surface area contributed by atoms with Crippen LogP contribution >= 0.6 is 11.6 Å². The number of nitrogens with zero attached hydrogens (tertiary/aromatic N) is 5. The molecule has 3 heterocycles. The Bertz CT molecular complexity index is 687. The summed E-state index contributed by atoms with van der Waals surface area (Å²) in [4.78, 5) is 28.6. The number of carbonyl (C=O) groups excluding carboxylic acids is 1. The van der Waals surface area contributed by atoms with E-state index in [9.17, 15) is 4.79 Å². The molecule has 8 heteroatoms. The molecule has 1 amide bonds. The number of piperazine rings is 1. The lowest BCUT2D eigenvalue weighted by Crippen LogP contribution is -2.49. The van der Waals surface area contributed by atoms with Gasteiger partial charge in [-0.3, -0.25) is 4.79 Å². The Balaban J connectivity index is 1.63. The molecular formula is C15H16ClN5O2. The molecule has 1 saturated heterocycles. The van der Waals surface area contributed by atoms with Gasteiger partial charge in [-0.15, -0.1) is 0 Å². The van der Waals surface area contributed by atoms with Crippen molar-refractivity contribution in [2.45, 2.75) is 0 Å². The molecule has 0 unspecified atom stereocenters. The third-order valence-corrected chi connectivity index (χ3v) is 3.90. The third kappa shape index (κ3) is 3.50. The quantitative estimate of drug-likeness (QED) is 0.847.